The summed E-state index contributed by atoms with van der Waals surface area (Å²) in [6.07, 6.45) is 1.31. The van der Waals surface area contributed by atoms with Crippen molar-refractivity contribution in [3.8, 4) is 16.9 Å². The van der Waals surface area contributed by atoms with Gasteiger partial charge in [-0.1, -0.05) is 0 Å². The monoisotopic (exact) mass is 368 g/mol. The zero-order valence-corrected chi connectivity index (χ0v) is 15.0. The van der Waals surface area contributed by atoms with E-state index in [-0.39, 0.29) is 34.9 Å². The molecule has 3 aromatic rings. The molecule has 0 saturated heterocycles. The fourth-order valence-electron chi connectivity index (χ4n) is 3.63. The molecule has 2 aromatic heterocycles. The SMILES string of the molecule is Cc1cc(-c2c(F)cc3c(=O)c(C(=O)O)cn4c3c2OC[C@@H]4C)cc(C)n1. The maximum Gasteiger partial charge on any atom is 0.341 e. The molecule has 0 spiro atoms. The summed E-state index contributed by atoms with van der Waals surface area (Å²) >= 11 is 0. The molecule has 0 unspecified atom stereocenters. The van der Waals surface area contributed by atoms with Crippen LogP contribution in [0.3, 0.4) is 0 Å². The standard InChI is InChI=1S/C20H17FN2O4/c1-9-4-12(5-10(2)22-9)16-15(21)6-13-17-19(16)27-8-11(3)23(17)7-14(18(13)24)20(25)26/h4-7,11H,8H2,1-3H3,(H,25,26)/t11-/m0/s1. The molecule has 0 radical (unpaired) electrons. The molecule has 0 aliphatic carbocycles. The van der Waals surface area contributed by atoms with Crippen LogP contribution in [0.5, 0.6) is 5.75 Å². The van der Waals surface area contributed by atoms with E-state index in [2.05, 4.69) is 4.98 Å². The van der Waals surface area contributed by atoms with Crippen LogP contribution in [0.1, 0.15) is 34.7 Å². The van der Waals surface area contributed by atoms with Gasteiger partial charge in [-0.3, -0.25) is 9.78 Å². The number of rotatable bonds is 2. The van der Waals surface area contributed by atoms with Crippen LogP contribution in [0.15, 0.2) is 29.2 Å². The number of carboxylic acids is 1. The van der Waals surface area contributed by atoms with Crippen molar-refractivity contribution in [3.63, 3.8) is 0 Å². The van der Waals surface area contributed by atoms with Gasteiger partial charge in [0.25, 0.3) is 0 Å². The second-order valence-corrected chi connectivity index (χ2v) is 6.84. The summed E-state index contributed by atoms with van der Waals surface area (Å²) in [6.45, 7) is 5.73. The lowest BCUT2D eigenvalue weighted by atomic mass is 9.98. The lowest BCUT2D eigenvalue weighted by Crippen LogP contribution is -2.27. The summed E-state index contributed by atoms with van der Waals surface area (Å²) in [5.74, 6) is -1.72. The number of halogens is 1. The van der Waals surface area contributed by atoms with E-state index in [1.54, 1.807) is 16.7 Å². The Hall–Kier alpha value is -3.22. The van der Waals surface area contributed by atoms with Crippen molar-refractivity contribution in [2.24, 2.45) is 0 Å². The highest BCUT2D eigenvalue weighted by atomic mass is 19.1. The van der Waals surface area contributed by atoms with Crippen molar-refractivity contribution in [3.05, 3.63) is 57.4 Å². The second kappa shape index (κ2) is 5.90. The van der Waals surface area contributed by atoms with Gasteiger partial charge in [0.2, 0.25) is 5.43 Å². The summed E-state index contributed by atoms with van der Waals surface area (Å²) in [5, 5.41) is 9.34. The maximum absolute atomic E-state index is 15.1. The number of ether oxygens (including phenoxy) is 1. The molecule has 1 aromatic carbocycles. The molecule has 3 heterocycles. The second-order valence-electron chi connectivity index (χ2n) is 6.84. The van der Waals surface area contributed by atoms with E-state index < -0.39 is 17.2 Å². The number of carboxylic acid groups (broad SMARTS) is 1. The normalized spacial score (nSPS) is 15.6. The van der Waals surface area contributed by atoms with Gasteiger partial charge in [-0.15, -0.1) is 0 Å². The highest BCUT2D eigenvalue weighted by Gasteiger charge is 2.28. The highest BCUT2D eigenvalue weighted by Crippen LogP contribution is 2.42. The van der Waals surface area contributed by atoms with Crippen molar-refractivity contribution < 1.29 is 19.0 Å². The van der Waals surface area contributed by atoms with Crippen LogP contribution in [0.4, 0.5) is 4.39 Å². The van der Waals surface area contributed by atoms with E-state index in [1.807, 2.05) is 20.8 Å². The molecule has 6 nitrogen and oxygen atoms in total. The van der Waals surface area contributed by atoms with Crippen LogP contribution >= 0.6 is 0 Å². The van der Waals surface area contributed by atoms with Gasteiger partial charge in [-0.05, 0) is 44.5 Å². The molecular formula is C20H17FN2O4. The van der Waals surface area contributed by atoms with Crippen molar-refractivity contribution in [2.45, 2.75) is 26.8 Å². The number of aryl methyl sites for hydroxylation is 2. The van der Waals surface area contributed by atoms with Crippen LogP contribution in [-0.4, -0.2) is 27.2 Å². The average molecular weight is 368 g/mol. The summed E-state index contributed by atoms with van der Waals surface area (Å²) < 4.78 is 22.6. The Labute approximate surface area is 153 Å². The first-order valence-electron chi connectivity index (χ1n) is 8.51. The Balaban J connectivity index is 2.16. The van der Waals surface area contributed by atoms with Gasteiger partial charge >= 0.3 is 5.97 Å². The largest absolute Gasteiger partial charge is 0.488 e. The Bertz CT molecular complexity index is 1160. The number of carbonyl (C=O) groups is 1. The summed E-state index contributed by atoms with van der Waals surface area (Å²) in [6, 6.07) is 4.41. The van der Waals surface area contributed by atoms with Crippen LogP contribution in [-0.2, 0) is 0 Å². The molecule has 1 aliphatic rings. The van der Waals surface area contributed by atoms with E-state index in [0.717, 1.165) is 17.5 Å². The lowest BCUT2D eigenvalue weighted by Gasteiger charge is -2.28. The van der Waals surface area contributed by atoms with E-state index in [0.29, 0.717) is 11.1 Å². The van der Waals surface area contributed by atoms with E-state index >= 15 is 4.39 Å². The third-order valence-electron chi connectivity index (χ3n) is 4.77. The predicted molar refractivity (Wildman–Crippen MR) is 98.0 cm³/mol. The molecule has 0 saturated carbocycles. The number of nitrogens with zero attached hydrogens (tertiary/aromatic N) is 2. The first-order chi connectivity index (χ1) is 12.8. The Morgan fingerprint density at radius 2 is 1.96 bits per heavy atom. The Morgan fingerprint density at radius 1 is 1.30 bits per heavy atom. The number of hydrogen-bond acceptors (Lipinski definition) is 4. The Morgan fingerprint density at radius 3 is 2.59 bits per heavy atom. The van der Waals surface area contributed by atoms with Crippen molar-refractivity contribution >= 4 is 16.9 Å². The number of benzene rings is 1. The zero-order valence-electron chi connectivity index (χ0n) is 15.0. The molecule has 7 heteroatoms. The third kappa shape index (κ3) is 2.58. The minimum Gasteiger partial charge on any atom is -0.488 e. The molecule has 1 N–H and O–H groups in total. The predicted octanol–water partition coefficient (Wildman–Crippen LogP) is 3.47. The first-order valence-corrected chi connectivity index (χ1v) is 8.51. The van der Waals surface area contributed by atoms with Gasteiger partial charge in [0.1, 0.15) is 18.0 Å². The van der Waals surface area contributed by atoms with Crippen molar-refractivity contribution in [2.75, 3.05) is 6.61 Å². The topological polar surface area (TPSA) is 81.4 Å². The fraction of sp³-hybridized carbons (Fsp3) is 0.250. The van der Waals surface area contributed by atoms with E-state index in [9.17, 15) is 14.7 Å². The van der Waals surface area contributed by atoms with Crippen LogP contribution < -0.4 is 10.2 Å². The van der Waals surface area contributed by atoms with Crippen molar-refractivity contribution in [1.82, 2.24) is 9.55 Å². The smallest absolute Gasteiger partial charge is 0.341 e. The number of hydrogen-bond donors (Lipinski definition) is 1. The van der Waals surface area contributed by atoms with Gasteiger partial charge in [-0.25, -0.2) is 9.18 Å². The summed E-state index contributed by atoms with van der Waals surface area (Å²) in [5.41, 5.74) is 1.63. The van der Waals surface area contributed by atoms with Gasteiger partial charge in [0.15, 0.2) is 5.75 Å². The average Bonchev–Trinajstić information content (AvgIpc) is 2.58. The lowest BCUT2D eigenvalue weighted by molar-refractivity contribution is 0.0694. The fourth-order valence-corrected chi connectivity index (χ4v) is 3.63. The van der Waals surface area contributed by atoms with Gasteiger partial charge < -0.3 is 14.4 Å². The molecule has 27 heavy (non-hydrogen) atoms. The minimum atomic E-state index is -1.34. The molecular weight excluding hydrogens is 351 g/mol. The first kappa shape index (κ1) is 17.2. The number of aromatic nitrogens is 2. The summed E-state index contributed by atoms with van der Waals surface area (Å²) in [4.78, 5) is 28.4. The Kier molecular flexibility index (Phi) is 3.76. The minimum absolute atomic E-state index is 0.000185. The molecule has 0 bridgehead atoms. The molecule has 1 aliphatic heterocycles. The third-order valence-corrected chi connectivity index (χ3v) is 4.77. The molecule has 0 fully saturated rings. The van der Waals surface area contributed by atoms with E-state index in [4.69, 9.17) is 4.74 Å². The molecule has 4 rings (SSSR count). The van der Waals surface area contributed by atoms with Crippen LogP contribution in [0.25, 0.3) is 22.0 Å². The van der Waals surface area contributed by atoms with Gasteiger partial charge in [0, 0.05) is 17.6 Å². The molecule has 138 valence electrons. The quantitative estimate of drug-likeness (QED) is 0.749. The van der Waals surface area contributed by atoms with E-state index in [1.165, 1.54) is 6.20 Å². The van der Waals surface area contributed by atoms with Gasteiger partial charge in [0.05, 0.1) is 22.5 Å². The van der Waals surface area contributed by atoms with Gasteiger partial charge in [-0.2, -0.15) is 0 Å². The molecule has 0 amide bonds. The number of aromatic carboxylic acids is 1. The zero-order chi connectivity index (χ0) is 19.5. The number of pyridine rings is 2. The highest BCUT2D eigenvalue weighted by molar-refractivity contribution is 5.98. The summed E-state index contributed by atoms with van der Waals surface area (Å²) in [7, 11) is 0. The van der Waals surface area contributed by atoms with Crippen LogP contribution in [0.2, 0.25) is 0 Å². The molecule has 1 atom stereocenters. The van der Waals surface area contributed by atoms with Crippen LogP contribution in [0, 0.1) is 19.7 Å². The maximum atomic E-state index is 15.1. The van der Waals surface area contributed by atoms with Crippen molar-refractivity contribution in [1.29, 1.82) is 0 Å².